The average molecular weight is 633 g/mol. The summed E-state index contributed by atoms with van der Waals surface area (Å²) in [7, 11) is 0. The van der Waals surface area contributed by atoms with Gasteiger partial charge in [0.25, 0.3) is 5.91 Å². The van der Waals surface area contributed by atoms with Crippen LogP contribution in [0.3, 0.4) is 0 Å². The van der Waals surface area contributed by atoms with Crippen LogP contribution < -0.4 is 21.7 Å². The molecule has 1 aromatic heterocycles. The first-order valence-electron chi connectivity index (χ1n) is 15.2. The van der Waals surface area contributed by atoms with E-state index in [1.165, 1.54) is 0 Å². The molecule has 11 heteroatoms. The zero-order valence-corrected chi connectivity index (χ0v) is 26.2. The fourth-order valence-electron chi connectivity index (χ4n) is 5.86. The third kappa shape index (κ3) is 8.48. The highest BCUT2D eigenvalue weighted by molar-refractivity contribution is 5.99. The minimum atomic E-state index is -0.767. The minimum Gasteiger partial charge on any atom is -0.395 e. The molecule has 10 nitrogen and oxygen atoms in total. The molecule has 0 aliphatic heterocycles. The predicted octanol–water partition coefficient (Wildman–Crippen LogP) is 4.11. The van der Waals surface area contributed by atoms with Crippen molar-refractivity contribution in [3.63, 3.8) is 0 Å². The van der Waals surface area contributed by atoms with Gasteiger partial charge >= 0.3 is 0 Å². The lowest BCUT2D eigenvalue weighted by atomic mass is 9.81. The Hall–Kier alpha value is -4.25. The topological polar surface area (TPSA) is 162 Å². The lowest BCUT2D eigenvalue weighted by molar-refractivity contribution is -0.130. The van der Waals surface area contributed by atoms with E-state index in [4.69, 9.17) is 10.8 Å². The number of aliphatic hydroxyl groups excluding tert-OH is 1. The fraction of sp³-hybridized carbons (Fsp3) is 0.353. The Balaban J connectivity index is 0.00000461. The number of H-pyrrole nitrogens is 1. The van der Waals surface area contributed by atoms with Gasteiger partial charge in [0.05, 0.1) is 18.3 Å². The van der Waals surface area contributed by atoms with Crippen LogP contribution in [-0.2, 0) is 16.0 Å². The van der Waals surface area contributed by atoms with E-state index in [2.05, 4.69) is 26.1 Å². The van der Waals surface area contributed by atoms with Crippen LogP contribution in [0.5, 0.6) is 0 Å². The highest BCUT2D eigenvalue weighted by Crippen LogP contribution is 2.29. The molecular formula is C34H41ClN6O4. The van der Waals surface area contributed by atoms with Crippen molar-refractivity contribution in [3.8, 4) is 11.1 Å². The average Bonchev–Trinajstić information content (AvgIpc) is 3.51. The molecule has 4 aromatic rings. The smallest absolute Gasteiger partial charge is 0.251 e. The Morgan fingerprint density at radius 2 is 1.78 bits per heavy atom. The molecule has 45 heavy (non-hydrogen) atoms. The number of benzene rings is 3. The summed E-state index contributed by atoms with van der Waals surface area (Å²) in [6.07, 6.45) is 5.43. The maximum Gasteiger partial charge on any atom is 0.251 e. The molecule has 1 fully saturated rings. The van der Waals surface area contributed by atoms with Crippen molar-refractivity contribution in [3.05, 3.63) is 83.6 Å². The van der Waals surface area contributed by atoms with Crippen LogP contribution in [0.2, 0.25) is 0 Å². The van der Waals surface area contributed by atoms with Gasteiger partial charge in [0.2, 0.25) is 11.8 Å². The third-order valence-corrected chi connectivity index (χ3v) is 8.48. The SMILES string of the molecule is Cc1cc(C(=O)NCCO)ccc1-c1ccc(C[C@H](NC(=O)C2CCC(CN)CC2)C(=O)Nc2ccc3cn[nH]c3c2)cc1.Cl. The molecule has 3 amide bonds. The zero-order valence-electron chi connectivity index (χ0n) is 25.3. The van der Waals surface area contributed by atoms with E-state index in [0.29, 0.717) is 30.1 Å². The summed E-state index contributed by atoms with van der Waals surface area (Å²) < 4.78 is 0. The number of amides is 3. The van der Waals surface area contributed by atoms with Crippen molar-refractivity contribution >= 4 is 46.7 Å². The van der Waals surface area contributed by atoms with E-state index in [1.54, 1.807) is 12.3 Å². The van der Waals surface area contributed by atoms with E-state index >= 15 is 0 Å². The van der Waals surface area contributed by atoms with Gasteiger partial charge in [-0.2, -0.15) is 5.10 Å². The second kappa shape index (κ2) is 15.7. The minimum absolute atomic E-state index is 0. The Bertz CT molecular complexity index is 1610. The molecule has 1 aliphatic rings. The number of aliphatic hydroxyl groups is 1. The molecule has 238 valence electrons. The number of hydrogen-bond acceptors (Lipinski definition) is 6. The van der Waals surface area contributed by atoms with Crippen molar-refractivity contribution in [1.29, 1.82) is 0 Å². The summed E-state index contributed by atoms with van der Waals surface area (Å²) in [4.78, 5) is 39.2. The molecule has 1 saturated carbocycles. The molecular weight excluding hydrogens is 592 g/mol. The number of halogens is 1. The molecule has 0 unspecified atom stereocenters. The molecule has 0 spiro atoms. The lowest BCUT2D eigenvalue weighted by Crippen LogP contribution is -2.48. The van der Waals surface area contributed by atoms with Crippen molar-refractivity contribution < 1.29 is 19.5 Å². The molecule has 1 aliphatic carbocycles. The quantitative estimate of drug-likeness (QED) is 0.146. The van der Waals surface area contributed by atoms with Crippen LogP contribution >= 0.6 is 12.4 Å². The number of carbonyl (C=O) groups excluding carboxylic acids is 3. The number of aromatic amines is 1. The summed E-state index contributed by atoms with van der Waals surface area (Å²) in [6, 6.07) is 18.2. The van der Waals surface area contributed by atoms with E-state index < -0.39 is 6.04 Å². The van der Waals surface area contributed by atoms with E-state index in [1.807, 2.05) is 61.5 Å². The number of hydrogen-bond donors (Lipinski definition) is 6. The standard InChI is InChI=1S/C34H40N6O4.ClH/c1-21-16-26(32(42)36-14-15-41)11-13-29(21)24-6-2-22(3-7-24)17-31(39-33(43)25-8-4-23(19-35)5-9-25)34(44)38-28-12-10-27-20-37-40-30(27)18-28;/h2-3,6-7,10-13,16,18,20,23,25,31,41H,4-5,8-9,14-15,17,19,35H2,1H3,(H,36,42)(H,37,40)(H,38,44)(H,39,43);1H/t23?,25?,31-;/m0./s1. The van der Waals surface area contributed by atoms with Gasteiger partial charge in [0, 0.05) is 35.5 Å². The predicted molar refractivity (Wildman–Crippen MR) is 178 cm³/mol. The van der Waals surface area contributed by atoms with Crippen molar-refractivity contribution in [2.75, 3.05) is 25.0 Å². The number of nitrogens with one attached hydrogen (secondary N) is 4. The maximum absolute atomic E-state index is 13.6. The Labute approximate surface area is 269 Å². The van der Waals surface area contributed by atoms with Gasteiger partial charge in [0.15, 0.2) is 0 Å². The summed E-state index contributed by atoms with van der Waals surface area (Å²) >= 11 is 0. The Morgan fingerprint density at radius 3 is 2.47 bits per heavy atom. The zero-order chi connectivity index (χ0) is 31.1. The normalized spacial score (nSPS) is 16.8. The third-order valence-electron chi connectivity index (χ3n) is 8.48. The highest BCUT2D eigenvalue weighted by Gasteiger charge is 2.29. The first kappa shape index (κ1) is 33.6. The van der Waals surface area contributed by atoms with Crippen molar-refractivity contribution in [1.82, 2.24) is 20.8 Å². The maximum atomic E-state index is 13.6. The first-order valence-corrected chi connectivity index (χ1v) is 15.2. The van der Waals surface area contributed by atoms with Gasteiger partial charge in [-0.3, -0.25) is 19.5 Å². The number of aryl methyl sites for hydroxylation is 1. The van der Waals surface area contributed by atoms with Crippen LogP contribution in [0.25, 0.3) is 22.0 Å². The largest absolute Gasteiger partial charge is 0.395 e. The van der Waals surface area contributed by atoms with Gasteiger partial charge in [-0.25, -0.2) is 0 Å². The molecule has 1 heterocycles. The summed E-state index contributed by atoms with van der Waals surface area (Å²) in [6.45, 7) is 2.68. The van der Waals surface area contributed by atoms with Crippen molar-refractivity contribution in [2.24, 2.45) is 17.6 Å². The van der Waals surface area contributed by atoms with E-state index in [9.17, 15) is 14.4 Å². The summed E-state index contributed by atoms with van der Waals surface area (Å²) in [5.41, 5.74) is 11.6. The van der Waals surface area contributed by atoms with Crippen molar-refractivity contribution in [2.45, 2.75) is 45.1 Å². The van der Waals surface area contributed by atoms with Crippen LogP contribution in [-0.4, -0.2) is 58.8 Å². The number of anilines is 1. The van der Waals surface area contributed by atoms with Gasteiger partial charge in [-0.05, 0) is 97.7 Å². The van der Waals surface area contributed by atoms with Gasteiger partial charge in [0.1, 0.15) is 6.04 Å². The lowest BCUT2D eigenvalue weighted by Gasteiger charge is -2.28. The Morgan fingerprint density at radius 1 is 1.02 bits per heavy atom. The Kier molecular flexibility index (Phi) is 11.7. The second-order valence-corrected chi connectivity index (χ2v) is 11.6. The monoisotopic (exact) mass is 632 g/mol. The van der Waals surface area contributed by atoms with E-state index in [0.717, 1.165) is 58.8 Å². The molecule has 7 N–H and O–H groups in total. The molecule has 3 aromatic carbocycles. The number of rotatable bonds is 11. The molecule has 1 atom stereocenters. The summed E-state index contributed by atoms with van der Waals surface area (Å²) in [5, 5.41) is 25.6. The molecule has 0 bridgehead atoms. The number of aromatic nitrogens is 2. The number of fused-ring (bicyclic) bond motifs is 1. The fourth-order valence-corrected chi connectivity index (χ4v) is 5.86. The summed E-state index contributed by atoms with van der Waals surface area (Å²) in [5.74, 6) is -0.291. The number of nitrogens with two attached hydrogens (primary N) is 1. The number of nitrogens with zero attached hydrogens (tertiary/aromatic N) is 1. The second-order valence-electron chi connectivity index (χ2n) is 11.6. The van der Waals surface area contributed by atoms with Gasteiger partial charge in [-0.1, -0.05) is 30.3 Å². The first-order chi connectivity index (χ1) is 21.3. The molecule has 0 saturated heterocycles. The van der Waals surface area contributed by atoms with Gasteiger partial charge in [-0.15, -0.1) is 12.4 Å². The molecule has 0 radical (unpaired) electrons. The van der Waals surface area contributed by atoms with Crippen LogP contribution in [0.1, 0.15) is 47.2 Å². The van der Waals surface area contributed by atoms with E-state index in [-0.39, 0.29) is 49.2 Å². The van der Waals surface area contributed by atoms with Crippen LogP contribution in [0, 0.1) is 18.8 Å². The van der Waals surface area contributed by atoms with Crippen LogP contribution in [0.15, 0.2) is 66.9 Å². The van der Waals surface area contributed by atoms with Gasteiger partial charge < -0.3 is 26.8 Å². The highest BCUT2D eigenvalue weighted by atomic mass is 35.5. The molecule has 5 rings (SSSR count). The number of carbonyl (C=O) groups is 3. The van der Waals surface area contributed by atoms with Crippen LogP contribution in [0.4, 0.5) is 5.69 Å².